The molecular weight excluding hydrogens is 162 g/mol. The van der Waals surface area contributed by atoms with Crippen molar-refractivity contribution in [1.82, 2.24) is 16.4 Å². The maximum Gasteiger partial charge on any atom is 0.00929 e. The molecule has 0 saturated carbocycles. The van der Waals surface area contributed by atoms with Crippen LogP contribution in [0.5, 0.6) is 0 Å². The molecule has 0 bridgehead atoms. The third-order valence-electron chi connectivity index (χ3n) is 0. The predicted octanol–water partition coefficient (Wildman–Crippen LogP) is -0.793. The summed E-state index contributed by atoms with van der Waals surface area (Å²) in [5.41, 5.74) is 5.25. The minimum absolute atomic E-state index is 0. The third kappa shape index (κ3) is 160000. The van der Waals surface area contributed by atoms with Crippen molar-refractivity contribution < 1.29 is 15.6 Å². The van der Waals surface area contributed by atoms with E-state index in [4.69, 9.17) is 15.6 Å². The van der Waals surface area contributed by atoms with Crippen molar-refractivity contribution >= 4 is 12.4 Å². The molecule has 0 aromatic carbocycles. The molecule has 10 heavy (non-hydrogen) atoms. The first-order valence-electron chi connectivity index (χ1n) is 2.17. The van der Waals surface area contributed by atoms with E-state index in [-0.39, 0.29) is 12.4 Å². The SMILES string of the molecule is CNO.CNO.CNO.Cl. The summed E-state index contributed by atoms with van der Waals surface area (Å²) in [6.45, 7) is 0. The van der Waals surface area contributed by atoms with E-state index in [1.54, 1.807) is 16.4 Å². The molecule has 0 rings (SSSR count). The van der Waals surface area contributed by atoms with Crippen molar-refractivity contribution in [1.29, 1.82) is 0 Å². The lowest BCUT2D eigenvalue weighted by molar-refractivity contribution is 0.194. The molecule has 0 unspecified atom stereocenters. The second kappa shape index (κ2) is 63.0. The highest BCUT2D eigenvalue weighted by molar-refractivity contribution is 5.85. The Kier molecular flexibility index (Phi) is 142. The van der Waals surface area contributed by atoms with Crippen LogP contribution in [0.3, 0.4) is 0 Å². The fourth-order valence-corrected chi connectivity index (χ4v) is 0. The molecule has 0 aliphatic heterocycles. The van der Waals surface area contributed by atoms with E-state index in [1.807, 2.05) is 0 Å². The molecule has 0 aromatic heterocycles. The molecule has 0 amide bonds. The van der Waals surface area contributed by atoms with Gasteiger partial charge in [-0.3, -0.25) is 0 Å². The highest BCUT2D eigenvalue weighted by Gasteiger charge is 1.25. The van der Waals surface area contributed by atoms with Crippen LogP contribution in [0, 0.1) is 0 Å². The van der Waals surface area contributed by atoms with Crippen LogP contribution in [0.2, 0.25) is 0 Å². The fraction of sp³-hybridized carbons (Fsp3) is 1.00. The number of nitrogens with one attached hydrogen (secondary N) is 3. The van der Waals surface area contributed by atoms with Crippen LogP contribution in [-0.2, 0) is 0 Å². The number of hydrogen-bond acceptors (Lipinski definition) is 6. The third-order valence-corrected chi connectivity index (χ3v) is 0. The van der Waals surface area contributed by atoms with Crippen LogP contribution < -0.4 is 16.4 Å². The van der Waals surface area contributed by atoms with Crippen molar-refractivity contribution in [2.75, 3.05) is 21.1 Å². The molecule has 0 heterocycles. The lowest BCUT2D eigenvalue weighted by Gasteiger charge is -1.60. The Balaban J connectivity index is -0.0000000257. The van der Waals surface area contributed by atoms with Gasteiger partial charge in [0.25, 0.3) is 0 Å². The van der Waals surface area contributed by atoms with Gasteiger partial charge in [0, 0.05) is 21.1 Å². The Labute approximate surface area is 66.5 Å². The van der Waals surface area contributed by atoms with Crippen LogP contribution in [-0.4, -0.2) is 36.8 Å². The first-order valence-corrected chi connectivity index (χ1v) is 2.17. The van der Waals surface area contributed by atoms with Gasteiger partial charge in [-0.05, 0) is 0 Å². The Bertz CT molecular complexity index is 23.7. The molecule has 0 aliphatic carbocycles. The van der Waals surface area contributed by atoms with Gasteiger partial charge in [-0.1, -0.05) is 0 Å². The van der Waals surface area contributed by atoms with Gasteiger partial charge in [-0.15, -0.1) is 12.4 Å². The predicted molar refractivity (Wildman–Crippen MR) is 39.8 cm³/mol. The van der Waals surface area contributed by atoms with Crippen LogP contribution in [0.1, 0.15) is 0 Å². The van der Waals surface area contributed by atoms with Gasteiger partial charge in [0.15, 0.2) is 0 Å². The minimum Gasteiger partial charge on any atom is -0.317 e. The lowest BCUT2D eigenvalue weighted by Crippen LogP contribution is -1.91. The van der Waals surface area contributed by atoms with Crippen LogP contribution in [0.4, 0.5) is 0 Å². The van der Waals surface area contributed by atoms with E-state index in [0.29, 0.717) is 0 Å². The summed E-state index contributed by atoms with van der Waals surface area (Å²) in [6, 6.07) is 0. The average Bonchev–Trinajstić information content (AvgIpc) is 1.70. The molecule has 68 valence electrons. The fourth-order valence-electron chi connectivity index (χ4n) is 0. The topological polar surface area (TPSA) is 96.8 Å². The van der Waals surface area contributed by atoms with E-state index in [0.717, 1.165) is 0 Å². The van der Waals surface area contributed by atoms with Crippen molar-refractivity contribution in [2.24, 2.45) is 0 Å². The van der Waals surface area contributed by atoms with Gasteiger partial charge in [0.2, 0.25) is 0 Å². The molecule has 0 atom stereocenters. The molecule has 0 fully saturated rings. The highest BCUT2D eigenvalue weighted by Crippen LogP contribution is 0.963. The van der Waals surface area contributed by atoms with Crippen molar-refractivity contribution in [2.45, 2.75) is 0 Å². The lowest BCUT2D eigenvalue weighted by atomic mass is 11.6. The van der Waals surface area contributed by atoms with Gasteiger partial charge in [0.05, 0.1) is 0 Å². The number of hydroxylamine groups is 3. The van der Waals surface area contributed by atoms with E-state index >= 15 is 0 Å². The van der Waals surface area contributed by atoms with E-state index < -0.39 is 0 Å². The summed E-state index contributed by atoms with van der Waals surface area (Å²) < 4.78 is 0. The monoisotopic (exact) mass is 177 g/mol. The molecule has 0 spiro atoms. The number of rotatable bonds is 0. The first-order chi connectivity index (χ1) is 4.24. The quantitative estimate of drug-likeness (QED) is 0.272. The van der Waals surface area contributed by atoms with Gasteiger partial charge in [-0.25, -0.2) is 16.4 Å². The van der Waals surface area contributed by atoms with Crippen LogP contribution >= 0.6 is 12.4 Å². The Morgan fingerprint density at radius 2 is 0.700 bits per heavy atom. The summed E-state index contributed by atoms with van der Waals surface area (Å²) in [4.78, 5) is 0. The van der Waals surface area contributed by atoms with Crippen LogP contribution in [0.15, 0.2) is 0 Å². The van der Waals surface area contributed by atoms with Crippen molar-refractivity contribution in [3.63, 3.8) is 0 Å². The van der Waals surface area contributed by atoms with Gasteiger partial charge in [0.1, 0.15) is 0 Å². The number of hydrogen-bond donors (Lipinski definition) is 6. The van der Waals surface area contributed by atoms with Crippen molar-refractivity contribution in [3.05, 3.63) is 0 Å². The Morgan fingerprint density at radius 1 is 0.700 bits per heavy atom. The summed E-state index contributed by atoms with van der Waals surface area (Å²) >= 11 is 0. The van der Waals surface area contributed by atoms with Gasteiger partial charge in [-0.2, -0.15) is 0 Å². The summed E-state index contributed by atoms with van der Waals surface area (Å²) in [6.07, 6.45) is 0. The standard InChI is InChI=1S/3CH5NO.ClH/c3*1-2-3;/h3*2-3H,1H3;1H. The Hall–Kier alpha value is 0.0500. The summed E-state index contributed by atoms with van der Waals surface area (Å²) in [7, 11) is 4.29. The number of halogens is 1. The second-order valence-electron chi connectivity index (χ2n) is 0.671. The molecule has 6 nitrogen and oxygen atoms in total. The molecular formula is C3H16ClN3O3. The largest absolute Gasteiger partial charge is 0.317 e. The Morgan fingerprint density at radius 3 is 0.700 bits per heavy atom. The molecule has 6 N–H and O–H groups in total. The zero-order chi connectivity index (χ0) is 8.12. The zero-order valence-corrected chi connectivity index (χ0v) is 7.07. The smallest absolute Gasteiger partial charge is 0.00929 e. The maximum atomic E-state index is 7.32. The van der Waals surface area contributed by atoms with Crippen molar-refractivity contribution in [3.8, 4) is 0 Å². The molecule has 7 heteroatoms. The van der Waals surface area contributed by atoms with E-state index in [2.05, 4.69) is 0 Å². The molecule has 0 aliphatic rings. The maximum absolute atomic E-state index is 7.32. The normalized spacial score (nSPS) is 5.40. The van der Waals surface area contributed by atoms with Crippen LogP contribution in [0.25, 0.3) is 0 Å². The average molecular weight is 178 g/mol. The zero-order valence-electron chi connectivity index (χ0n) is 6.25. The second-order valence-corrected chi connectivity index (χ2v) is 0.671. The first kappa shape index (κ1) is 22.5. The van der Waals surface area contributed by atoms with E-state index in [9.17, 15) is 0 Å². The van der Waals surface area contributed by atoms with Gasteiger partial charge < -0.3 is 15.6 Å². The summed E-state index contributed by atoms with van der Waals surface area (Å²) in [5, 5.41) is 22.0. The molecule has 0 radical (unpaired) electrons. The highest BCUT2D eigenvalue weighted by atomic mass is 35.5. The summed E-state index contributed by atoms with van der Waals surface area (Å²) in [5.74, 6) is 0. The molecule has 0 aromatic rings. The van der Waals surface area contributed by atoms with Gasteiger partial charge >= 0.3 is 0 Å². The molecule has 0 saturated heterocycles. The minimum atomic E-state index is 0. The van der Waals surface area contributed by atoms with E-state index in [1.165, 1.54) is 21.1 Å².